The van der Waals surface area contributed by atoms with Crippen molar-refractivity contribution in [2.24, 2.45) is 5.73 Å². The summed E-state index contributed by atoms with van der Waals surface area (Å²) in [6, 6.07) is 7.71. The molecule has 0 fully saturated rings. The predicted molar refractivity (Wildman–Crippen MR) is 65.6 cm³/mol. The van der Waals surface area contributed by atoms with Crippen molar-refractivity contribution in [3.8, 4) is 0 Å². The van der Waals surface area contributed by atoms with Gasteiger partial charge in [0, 0.05) is 5.54 Å². The summed E-state index contributed by atoms with van der Waals surface area (Å²) in [5.41, 5.74) is 7.07. The fraction of sp³-hybridized carbons (Fsp3) is 0.417. The fourth-order valence-electron chi connectivity index (χ4n) is 2.12. The molecule has 0 aliphatic carbocycles. The summed E-state index contributed by atoms with van der Waals surface area (Å²) in [6.07, 6.45) is 0.773. The highest BCUT2D eigenvalue weighted by Gasteiger charge is 2.23. The standard InChI is InChI=1S/C12H17N3O/c1-12(2,7-8-13)15-10-6-4-3-5-9(10)14-11(15)16/h3-6H,7-8,13H2,1-2H3,(H,14,16). The highest BCUT2D eigenvalue weighted by atomic mass is 16.1. The summed E-state index contributed by atoms with van der Waals surface area (Å²) in [5.74, 6) is 0. The Morgan fingerprint density at radius 2 is 2.06 bits per heavy atom. The summed E-state index contributed by atoms with van der Waals surface area (Å²) >= 11 is 0. The van der Waals surface area contributed by atoms with E-state index in [1.54, 1.807) is 4.57 Å². The molecule has 2 aromatic rings. The van der Waals surface area contributed by atoms with Crippen LogP contribution >= 0.6 is 0 Å². The Kier molecular flexibility index (Phi) is 2.59. The van der Waals surface area contributed by atoms with Crippen molar-refractivity contribution in [2.45, 2.75) is 25.8 Å². The lowest BCUT2D eigenvalue weighted by Gasteiger charge is -2.25. The van der Waals surface area contributed by atoms with Crippen molar-refractivity contribution in [1.82, 2.24) is 9.55 Å². The van der Waals surface area contributed by atoms with Gasteiger partial charge in [-0.3, -0.25) is 4.57 Å². The van der Waals surface area contributed by atoms with Crippen LogP contribution in [0.25, 0.3) is 11.0 Å². The number of hydrogen-bond acceptors (Lipinski definition) is 2. The second-order valence-corrected chi connectivity index (χ2v) is 4.63. The molecule has 86 valence electrons. The van der Waals surface area contributed by atoms with Crippen LogP contribution in [0.3, 0.4) is 0 Å². The summed E-state index contributed by atoms with van der Waals surface area (Å²) in [6.45, 7) is 4.63. The van der Waals surface area contributed by atoms with Gasteiger partial charge in [-0.25, -0.2) is 4.79 Å². The molecular formula is C12H17N3O. The number of fused-ring (bicyclic) bond motifs is 1. The van der Waals surface area contributed by atoms with Crippen LogP contribution in [0.15, 0.2) is 29.1 Å². The molecule has 2 rings (SSSR count). The maximum absolute atomic E-state index is 11.9. The van der Waals surface area contributed by atoms with Crippen molar-refractivity contribution in [1.29, 1.82) is 0 Å². The van der Waals surface area contributed by atoms with Crippen molar-refractivity contribution in [3.05, 3.63) is 34.7 Å². The first-order valence-corrected chi connectivity index (χ1v) is 5.46. The first-order valence-electron chi connectivity index (χ1n) is 5.46. The number of aromatic amines is 1. The minimum Gasteiger partial charge on any atom is -0.330 e. The Hall–Kier alpha value is -1.55. The lowest BCUT2D eigenvalue weighted by molar-refractivity contribution is 0.334. The molecule has 0 unspecified atom stereocenters. The summed E-state index contributed by atoms with van der Waals surface area (Å²) < 4.78 is 1.79. The molecule has 0 saturated heterocycles. The third kappa shape index (κ3) is 1.65. The third-order valence-corrected chi connectivity index (χ3v) is 2.95. The minimum absolute atomic E-state index is 0.0698. The number of aromatic nitrogens is 2. The zero-order valence-corrected chi connectivity index (χ0v) is 9.66. The zero-order chi connectivity index (χ0) is 11.8. The van der Waals surface area contributed by atoms with Crippen molar-refractivity contribution in [2.75, 3.05) is 6.54 Å². The second kappa shape index (κ2) is 3.79. The summed E-state index contributed by atoms with van der Waals surface area (Å²) in [7, 11) is 0. The van der Waals surface area contributed by atoms with Crippen molar-refractivity contribution >= 4 is 11.0 Å². The highest BCUT2D eigenvalue weighted by molar-refractivity contribution is 5.75. The molecule has 0 aliphatic rings. The molecule has 0 spiro atoms. The third-order valence-electron chi connectivity index (χ3n) is 2.95. The number of nitrogens with zero attached hydrogens (tertiary/aromatic N) is 1. The molecular weight excluding hydrogens is 202 g/mol. The summed E-state index contributed by atoms with van der Waals surface area (Å²) in [4.78, 5) is 14.8. The number of hydrogen-bond donors (Lipinski definition) is 2. The largest absolute Gasteiger partial charge is 0.330 e. The Bertz CT molecular complexity index is 551. The number of H-pyrrole nitrogens is 1. The van der Waals surface area contributed by atoms with E-state index in [4.69, 9.17) is 5.73 Å². The first-order chi connectivity index (χ1) is 7.56. The Balaban J connectivity index is 2.68. The maximum Gasteiger partial charge on any atom is 0.326 e. The van der Waals surface area contributed by atoms with Crippen LogP contribution in [0.4, 0.5) is 0 Å². The molecule has 4 heteroatoms. The van der Waals surface area contributed by atoms with Crippen LogP contribution in [0.2, 0.25) is 0 Å². The smallest absolute Gasteiger partial charge is 0.326 e. The molecule has 3 N–H and O–H groups in total. The quantitative estimate of drug-likeness (QED) is 0.819. The maximum atomic E-state index is 11.9. The van der Waals surface area contributed by atoms with E-state index in [1.807, 2.05) is 38.1 Å². The van der Waals surface area contributed by atoms with Gasteiger partial charge < -0.3 is 10.7 Å². The topological polar surface area (TPSA) is 63.8 Å². The fourth-order valence-corrected chi connectivity index (χ4v) is 2.12. The second-order valence-electron chi connectivity index (χ2n) is 4.63. The van der Waals surface area contributed by atoms with E-state index in [2.05, 4.69) is 4.98 Å². The van der Waals surface area contributed by atoms with Gasteiger partial charge >= 0.3 is 5.69 Å². The molecule has 0 radical (unpaired) electrons. The summed E-state index contributed by atoms with van der Waals surface area (Å²) in [5, 5.41) is 0. The van der Waals surface area contributed by atoms with E-state index in [0.717, 1.165) is 17.5 Å². The van der Waals surface area contributed by atoms with Gasteiger partial charge in [0.2, 0.25) is 0 Å². The molecule has 1 aromatic heterocycles. The number of nitrogens with two attached hydrogens (primary N) is 1. The lowest BCUT2D eigenvalue weighted by Crippen LogP contribution is -2.36. The van der Waals surface area contributed by atoms with E-state index in [1.165, 1.54) is 0 Å². The van der Waals surface area contributed by atoms with Crippen molar-refractivity contribution < 1.29 is 0 Å². The van der Waals surface area contributed by atoms with E-state index in [0.29, 0.717) is 6.54 Å². The zero-order valence-electron chi connectivity index (χ0n) is 9.66. The molecule has 1 aromatic carbocycles. The van der Waals surface area contributed by atoms with Gasteiger partial charge in [0.25, 0.3) is 0 Å². The highest BCUT2D eigenvalue weighted by Crippen LogP contribution is 2.22. The molecule has 1 heterocycles. The van der Waals surface area contributed by atoms with Gasteiger partial charge in [0.1, 0.15) is 0 Å². The van der Waals surface area contributed by atoms with Gasteiger partial charge in [0.15, 0.2) is 0 Å². The molecule has 16 heavy (non-hydrogen) atoms. The lowest BCUT2D eigenvalue weighted by atomic mass is 10.0. The van der Waals surface area contributed by atoms with Crippen LogP contribution in [0.5, 0.6) is 0 Å². The molecule has 0 bridgehead atoms. The average molecular weight is 219 g/mol. The van der Waals surface area contributed by atoms with Crippen molar-refractivity contribution in [3.63, 3.8) is 0 Å². The van der Waals surface area contributed by atoms with E-state index >= 15 is 0 Å². The van der Waals surface area contributed by atoms with Crippen LogP contribution in [0.1, 0.15) is 20.3 Å². The predicted octanol–water partition coefficient (Wildman–Crippen LogP) is 1.41. The van der Waals surface area contributed by atoms with Crippen LogP contribution in [-0.2, 0) is 5.54 Å². The molecule has 0 saturated carbocycles. The van der Waals surface area contributed by atoms with Gasteiger partial charge in [-0.15, -0.1) is 0 Å². The van der Waals surface area contributed by atoms with Gasteiger partial charge in [0.05, 0.1) is 11.0 Å². The number of benzene rings is 1. The number of imidazole rings is 1. The van der Waals surface area contributed by atoms with Gasteiger partial charge in [-0.05, 0) is 38.9 Å². The van der Waals surface area contributed by atoms with Crippen LogP contribution in [0, 0.1) is 0 Å². The van der Waals surface area contributed by atoms with Crippen LogP contribution in [-0.4, -0.2) is 16.1 Å². The average Bonchev–Trinajstić information content (AvgIpc) is 2.53. The van der Waals surface area contributed by atoms with Gasteiger partial charge in [-0.2, -0.15) is 0 Å². The number of nitrogens with one attached hydrogen (secondary N) is 1. The molecule has 4 nitrogen and oxygen atoms in total. The van der Waals surface area contributed by atoms with E-state index in [9.17, 15) is 4.79 Å². The van der Waals surface area contributed by atoms with Crippen LogP contribution < -0.4 is 11.4 Å². The molecule has 0 atom stereocenters. The van der Waals surface area contributed by atoms with E-state index in [-0.39, 0.29) is 11.2 Å². The molecule has 0 aliphatic heterocycles. The SMILES string of the molecule is CC(C)(CCN)n1c(=O)[nH]c2ccccc21. The normalized spacial score (nSPS) is 12.2. The molecule has 0 amide bonds. The first kappa shape index (κ1) is 11.0. The number of para-hydroxylation sites is 2. The Morgan fingerprint density at radius 1 is 1.38 bits per heavy atom. The monoisotopic (exact) mass is 219 g/mol. The van der Waals surface area contributed by atoms with E-state index < -0.39 is 0 Å². The number of rotatable bonds is 3. The minimum atomic E-state index is -0.258. The Labute approximate surface area is 94.1 Å². The Morgan fingerprint density at radius 3 is 2.75 bits per heavy atom. The van der Waals surface area contributed by atoms with Gasteiger partial charge in [-0.1, -0.05) is 12.1 Å².